The number of rotatable bonds is 7. The Balaban J connectivity index is 1.84. The van der Waals surface area contributed by atoms with Gasteiger partial charge in [-0.05, 0) is 48.2 Å². The molecule has 0 aromatic heterocycles. The third-order valence-electron chi connectivity index (χ3n) is 4.77. The van der Waals surface area contributed by atoms with E-state index in [0.29, 0.717) is 18.0 Å². The molecule has 4 heteroatoms. The third-order valence-corrected chi connectivity index (χ3v) is 4.77. The van der Waals surface area contributed by atoms with Crippen molar-refractivity contribution in [2.75, 3.05) is 12.4 Å². The molecule has 0 fully saturated rings. The van der Waals surface area contributed by atoms with Crippen molar-refractivity contribution in [2.45, 2.75) is 26.4 Å². The van der Waals surface area contributed by atoms with E-state index < -0.39 is 6.04 Å². The van der Waals surface area contributed by atoms with Crippen LogP contribution in [0.5, 0.6) is 5.75 Å². The molecule has 0 unspecified atom stereocenters. The fraction of sp³-hybridized carbons (Fsp3) is 0.208. The summed E-state index contributed by atoms with van der Waals surface area (Å²) < 4.78 is 5.40. The average molecular weight is 374 g/mol. The fourth-order valence-electron chi connectivity index (χ4n) is 3.15. The Morgan fingerprint density at radius 3 is 2.39 bits per heavy atom. The van der Waals surface area contributed by atoms with Gasteiger partial charge in [0.05, 0.1) is 12.8 Å². The summed E-state index contributed by atoms with van der Waals surface area (Å²) in [6.07, 6.45) is 0. The van der Waals surface area contributed by atoms with Crippen molar-refractivity contribution in [1.29, 1.82) is 0 Å². The Morgan fingerprint density at radius 1 is 0.964 bits per heavy atom. The molecule has 2 N–H and O–H groups in total. The minimum atomic E-state index is -0.481. The maximum absolute atomic E-state index is 13.2. The molecule has 28 heavy (non-hydrogen) atoms. The fourth-order valence-corrected chi connectivity index (χ4v) is 3.15. The first kappa shape index (κ1) is 19.6. The first-order valence-corrected chi connectivity index (χ1v) is 9.37. The van der Waals surface area contributed by atoms with Gasteiger partial charge in [-0.15, -0.1) is 0 Å². The molecule has 3 rings (SSSR count). The highest BCUT2D eigenvalue weighted by atomic mass is 16.5. The standard InChI is InChI=1S/C24H26N2O2/c1-17-13-14-22(28-3)21(15-17)26-24(27)23(19-10-5-4-6-11-19)25-16-20-12-8-7-9-18(20)2/h4-15,23,25H,16H2,1-3H3,(H,26,27)/t23-/m1/s1. The number of anilines is 1. The molecule has 3 aromatic carbocycles. The van der Waals surface area contributed by atoms with E-state index in [1.165, 1.54) is 11.1 Å². The van der Waals surface area contributed by atoms with Gasteiger partial charge >= 0.3 is 0 Å². The van der Waals surface area contributed by atoms with Crippen LogP contribution in [0.15, 0.2) is 72.8 Å². The number of aryl methyl sites for hydroxylation is 2. The predicted molar refractivity (Wildman–Crippen MR) is 114 cm³/mol. The number of amides is 1. The molecule has 0 saturated carbocycles. The van der Waals surface area contributed by atoms with Gasteiger partial charge < -0.3 is 10.1 Å². The van der Waals surface area contributed by atoms with Gasteiger partial charge in [-0.25, -0.2) is 0 Å². The zero-order valence-corrected chi connectivity index (χ0v) is 16.5. The summed E-state index contributed by atoms with van der Waals surface area (Å²) in [5.74, 6) is 0.522. The maximum atomic E-state index is 13.2. The summed E-state index contributed by atoms with van der Waals surface area (Å²) in [6, 6.07) is 23.2. The quantitative estimate of drug-likeness (QED) is 0.626. The number of carbonyl (C=O) groups is 1. The molecule has 3 aromatic rings. The van der Waals surface area contributed by atoms with E-state index in [1.54, 1.807) is 7.11 Å². The van der Waals surface area contributed by atoms with Crippen LogP contribution in [0.2, 0.25) is 0 Å². The summed E-state index contributed by atoms with van der Waals surface area (Å²) in [5.41, 5.74) is 5.01. The van der Waals surface area contributed by atoms with Crippen LogP contribution in [0.4, 0.5) is 5.69 Å². The van der Waals surface area contributed by atoms with Gasteiger partial charge in [0.2, 0.25) is 5.91 Å². The van der Waals surface area contributed by atoms with Crippen molar-refractivity contribution in [3.8, 4) is 5.75 Å². The van der Waals surface area contributed by atoms with Crippen LogP contribution < -0.4 is 15.4 Å². The first-order valence-electron chi connectivity index (χ1n) is 9.37. The number of carbonyl (C=O) groups excluding carboxylic acids is 1. The van der Waals surface area contributed by atoms with Crippen molar-refractivity contribution in [3.05, 3.63) is 95.1 Å². The maximum Gasteiger partial charge on any atom is 0.246 e. The predicted octanol–water partition coefficient (Wildman–Crippen LogP) is 4.78. The lowest BCUT2D eigenvalue weighted by Crippen LogP contribution is -2.33. The zero-order chi connectivity index (χ0) is 19.9. The number of nitrogens with one attached hydrogen (secondary N) is 2. The Labute approximate surface area is 166 Å². The second-order valence-electron chi connectivity index (χ2n) is 6.84. The minimum absolute atomic E-state index is 0.122. The minimum Gasteiger partial charge on any atom is -0.495 e. The van der Waals surface area contributed by atoms with Crippen molar-refractivity contribution >= 4 is 11.6 Å². The van der Waals surface area contributed by atoms with Crippen LogP contribution in [0.3, 0.4) is 0 Å². The van der Waals surface area contributed by atoms with E-state index in [4.69, 9.17) is 4.74 Å². The Kier molecular flexibility index (Phi) is 6.45. The molecule has 0 aliphatic carbocycles. The second-order valence-corrected chi connectivity index (χ2v) is 6.84. The van der Waals surface area contributed by atoms with Gasteiger partial charge in [0, 0.05) is 6.54 Å². The number of ether oxygens (including phenoxy) is 1. The van der Waals surface area contributed by atoms with E-state index in [9.17, 15) is 4.79 Å². The molecule has 0 saturated heterocycles. The molecule has 4 nitrogen and oxygen atoms in total. The van der Waals surface area contributed by atoms with E-state index >= 15 is 0 Å². The largest absolute Gasteiger partial charge is 0.495 e. The van der Waals surface area contributed by atoms with Crippen molar-refractivity contribution < 1.29 is 9.53 Å². The molecule has 0 aliphatic heterocycles. The second kappa shape index (κ2) is 9.20. The summed E-state index contributed by atoms with van der Waals surface area (Å²) in [4.78, 5) is 13.2. The molecular weight excluding hydrogens is 348 g/mol. The van der Waals surface area contributed by atoms with E-state index in [1.807, 2.05) is 67.6 Å². The monoisotopic (exact) mass is 374 g/mol. The Morgan fingerprint density at radius 2 is 1.68 bits per heavy atom. The smallest absolute Gasteiger partial charge is 0.246 e. The lowest BCUT2D eigenvalue weighted by Gasteiger charge is -2.20. The Hall–Kier alpha value is -3.11. The van der Waals surface area contributed by atoms with Gasteiger partial charge in [0.15, 0.2) is 0 Å². The highest BCUT2D eigenvalue weighted by Gasteiger charge is 2.21. The van der Waals surface area contributed by atoms with E-state index in [2.05, 4.69) is 29.7 Å². The summed E-state index contributed by atoms with van der Waals surface area (Å²) in [5, 5.41) is 6.44. The molecular formula is C24H26N2O2. The lowest BCUT2D eigenvalue weighted by atomic mass is 10.0. The third kappa shape index (κ3) is 4.78. The molecule has 1 amide bonds. The molecule has 0 radical (unpaired) electrons. The average Bonchev–Trinajstić information content (AvgIpc) is 2.70. The number of hydrogen-bond donors (Lipinski definition) is 2. The molecule has 0 aliphatic rings. The lowest BCUT2D eigenvalue weighted by molar-refractivity contribution is -0.118. The highest BCUT2D eigenvalue weighted by molar-refractivity contribution is 5.96. The molecule has 144 valence electrons. The van der Waals surface area contributed by atoms with E-state index in [0.717, 1.165) is 11.1 Å². The number of hydrogen-bond acceptors (Lipinski definition) is 3. The van der Waals surface area contributed by atoms with Crippen LogP contribution >= 0.6 is 0 Å². The van der Waals surface area contributed by atoms with Crippen LogP contribution in [0.25, 0.3) is 0 Å². The van der Waals surface area contributed by atoms with Gasteiger partial charge in [0.25, 0.3) is 0 Å². The molecule has 0 bridgehead atoms. The van der Waals surface area contributed by atoms with Crippen LogP contribution in [-0.2, 0) is 11.3 Å². The zero-order valence-electron chi connectivity index (χ0n) is 16.5. The van der Waals surface area contributed by atoms with Gasteiger partial charge in [0.1, 0.15) is 11.8 Å². The number of benzene rings is 3. The van der Waals surface area contributed by atoms with Crippen LogP contribution in [-0.4, -0.2) is 13.0 Å². The summed E-state index contributed by atoms with van der Waals surface area (Å²) in [7, 11) is 1.60. The SMILES string of the molecule is COc1ccc(C)cc1NC(=O)[C@H](NCc1ccccc1C)c1ccccc1. The molecule has 1 atom stereocenters. The first-order chi connectivity index (χ1) is 13.6. The normalized spacial score (nSPS) is 11.7. The topological polar surface area (TPSA) is 50.4 Å². The Bertz CT molecular complexity index is 938. The number of methoxy groups -OCH3 is 1. The molecule has 0 spiro atoms. The summed E-state index contributed by atoms with van der Waals surface area (Å²) in [6.45, 7) is 4.66. The van der Waals surface area contributed by atoms with E-state index in [-0.39, 0.29) is 5.91 Å². The van der Waals surface area contributed by atoms with Crippen molar-refractivity contribution in [3.63, 3.8) is 0 Å². The van der Waals surface area contributed by atoms with Crippen LogP contribution in [0, 0.1) is 13.8 Å². The highest BCUT2D eigenvalue weighted by Crippen LogP contribution is 2.27. The van der Waals surface area contributed by atoms with Crippen molar-refractivity contribution in [1.82, 2.24) is 5.32 Å². The van der Waals surface area contributed by atoms with Gasteiger partial charge in [-0.1, -0.05) is 60.7 Å². The van der Waals surface area contributed by atoms with Gasteiger partial charge in [-0.2, -0.15) is 0 Å². The summed E-state index contributed by atoms with van der Waals surface area (Å²) >= 11 is 0. The molecule has 0 heterocycles. The van der Waals surface area contributed by atoms with Gasteiger partial charge in [-0.3, -0.25) is 10.1 Å². The van der Waals surface area contributed by atoms with Crippen molar-refractivity contribution in [2.24, 2.45) is 0 Å². The van der Waals surface area contributed by atoms with Crippen LogP contribution in [0.1, 0.15) is 28.3 Å².